The van der Waals surface area contributed by atoms with Gasteiger partial charge in [0.2, 0.25) is 0 Å². The van der Waals surface area contributed by atoms with Crippen LogP contribution in [0.25, 0.3) is 44.8 Å². The average molecular weight is 1170 g/mol. The van der Waals surface area contributed by atoms with Gasteiger partial charge in [-0.1, -0.05) is 125 Å². The molecule has 0 saturated heterocycles. The molecule has 5 atom stereocenters. The number of carboxylic acid groups (broad SMARTS) is 2. The summed E-state index contributed by atoms with van der Waals surface area (Å²) in [5.74, 6) is -5.22. The number of para-hydroxylation sites is 2. The number of rotatable bonds is 24. The van der Waals surface area contributed by atoms with Crippen LogP contribution in [-0.2, 0) is 22.7 Å². The maximum absolute atomic E-state index is 14.0. The van der Waals surface area contributed by atoms with Crippen LogP contribution >= 0.6 is 0 Å². The summed E-state index contributed by atoms with van der Waals surface area (Å²) >= 11 is 0. The largest absolute Gasteiger partial charge is 2.00 e. The zero-order valence-corrected chi connectivity index (χ0v) is 49.3. The van der Waals surface area contributed by atoms with Gasteiger partial charge in [-0.2, -0.15) is 0 Å². The molecule has 6 aromatic carbocycles. The Balaban J connectivity index is 0.000000266. The topological polar surface area (TPSA) is 229 Å². The van der Waals surface area contributed by atoms with Crippen molar-refractivity contribution in [3.63, 3.8) is 0 Å². The molecule has 0 spiro atoms. The Labute approximate surface area is 516 Å². The first-order valence-corrected chi connectivity index (χ1v) is 27.4. The molecule has 6 N–H and O–H groups in total. The van der Waals surface area contributed by atoms with Gasteiger partial charge in [0.05, 0.1) is 52.9 Å². The normalized spacial score (nSPS) is 13.0. The quantitative estimate of drug-likeness (QED) is 0.0314. The van der Waals surface area contributed by atoms with Crippen molar-refractivity contribution >= 4 is 72.9 Å². The first kappa shape index (κ1) is 65.8. The van der Waals surface area contributed by atoms with E-state index in [1.165, 1.54) is 24.3 Å². The number of aliphatic hydroxyl groups is 4. The summed E-state index contributed by atoms with van der Waals surface area (Å²) in [5, 5.41) is 69.0. The minimum Gasteiger partial charge on any atom is -0.550 e. The summed E-state index contributed by atoms with van der Waals surface area (Å²) in [5.41, 5.74) is 9.01. The van der Waals surface area contributed by atoms with E-state index in [9.17, 15) is 63.0 Å². The Hall–Kier alpha value is -7.35. The van der Waals surface area contributed by atoms with E-state index < -0.39 is 67.0 Å². The van der Waals surface area contributed by atoms with Gasteiger partial charge in [0, 0.05) is 65.8 Å². The molecular weight excluding hydrogens is 1110 g/mol. The summed E-state index contributed by atoms with van der Waals surface area (Å²) in [7, 11) is 0. The molecule has 0 bridgehead atoms. The third-order valence-electron chi connectivity index (χ3n) is 14.0. The first-order chi connectivity index (χ1) is 39.7. The van der Waals surface area contributed by atoms with Crippen molar-refractivity contribution in [1.29, 1.82) is 0 Å². The number of halogens is 3. The predicted octanol–water partition coefficient (Wildman–Crippen LogP) is 9.53. The summed E-state index contributed by atoms with van der Waals surface area (Å²) in [4.78, 5) is 49.8. The van der Waals surface area contributed by atoms with Gasteiger partial charge in [0.1, 0.15) is 11.6 Å². The molecule has 2 aromatic heterocycles. The van der Waals surface area contributed by atoms with Crippen LogP contribution in [0, 0.1) is 11.6 Å². The summed E-state index contributed by atoms with van der Waals surface area (Å²) in [6, 6.07) is 48.9. The van der Waals surface area contributed by atoms with Crippen molar-refractivity contribution in [3.05, 3.63) is 204 Å². The Bertz CT molecular complexity index is 3440. The number of alkyl halides is 1. The van der Waals surface area contributed by atoms with Gasteiger partial charge in [-0.3, -0.25) is 9.59 Å². The van der Waals surface area contributed by atoms with Crippen LogP contribution in [0.1, 0.15) is 104 Å². The number of carboxylic acids is 2. The number of aliphatic hydroxyl groups excluding tert-OH is 4. The number of anilines is 2. The van der Waals surface area contributed by atoms with Crippen LogP contribution < -0.4 is 20.8 Å². The molecule has 0 radical (unpaired) electrons. The third-order valence-corrected chi connectivity index (χ3v) is 14.0. The van der Waals surface area contributed by atoms with Gasteiger partial charge in [-0.15, -0.1) is 0 Å². The van der Waals surface area contributed by atoms with Gasteiger partial charge >= 0.3 is 37.7 Å². The molecule has 434 valence electrons. The molecule has 2 heterocycles. The fraction of sp³-hybridized carbons (Fsp3) is 0.273. The van der Waals surface area contributed by atoms with Gasteiger partial charge in [0.25, 0.3) is 11.8 Å². The number of aliphatic carboxylic acids is 2. The average Bonchev–Trinajstić information content (AvgIpc) is 1.81. The predicted molar refractivity (Wildman–Crippen MR) is 315 cm³/mol. The van der Waals surface area contributed by atoms with Crippen molar-refractivity contribution < 1.29 is 63.0 Å². The molecule has 0 saturated carbocycles. The van der Waals surface area contributed by atoms with E-state index >= 15 is 0 Å². The summed E-state index contributed by atoms with van der Waals surface area (Å²) in [6.07, 6.45) is -9.12. The number of nitrogens with zero attached hydrogens (tertiary/aromatic N) is 2. The van der Waals surface area contributed by atoms with Crippen LogP contribution in [-0.4, -0.2) is 122 Å². The fourth-order valence-corrected chi connectivity index (χ4v) is 10.4. The Morgan fingerprint density at radius 3 is 1.17 bits per heavy atom. The number of carbonyl (C=O) groups excluding carboxylic acids is 4. The van der Waals surface area contributed by atoms with Crippen LogP contribution in [0.3, 0.4) is 0 Å². The molecule has 84 heavy (non-hydrogen) atoms. The number of hydrogen-bond donors (Lipinski definition) is 6. The number of aromatic nitrogens is 2. The van der Waals surface area contributed by atoms with E-state index in [2.05, 4.69) is 10.6 Å². The monoisotopic (exact) mass is 1170 g/mol. The van der Waals surface area contributed by atoms with E-state index in [1.54, 1.807) is 48.5 Å². The Morgan fingerprint density at radius 2 is 0.833 bits per heavy atom. The van der Waals surface area contributed by atoms with Gasteiger partial charge in [-0.05, 0) is 126 Å². The maximum atomic E-state index is 14.0. The van der Waals surface area contributed by atoms with Gasteiger partial charge in [0.15, 0.2) is 6.17 Å². The first-order valence-electron chi connectivity index (χ1n) is 27.4. The van der Waals surface area contributed by atoms with Crippen LogP contribution in [0.5, 0.6) is 0 Å². The van der Waals surface area contributed by atoms with Crippen molar-refractivity contribution in [2.24, 2.45) is 0 Å². The van der Waals surface area contributed by atoms with Crippen molar-refractivity contribution in [2.45, 2.75) is 115 Å². The van der Waals surface area contributed by atoms with Crippen molar-refractivity contribution in [1.82, 2.24) is 9.13 Å². The van der Waals surface area contributed by atoms with Gasteiger partial charge < -0.3 is 60.0 Å². The van der Waals surface area contributed by atoms with Gasteiger partial charge in [-0.25, -0.2) is 13.2 Å². The standard InChI is InChI=1S/C33H34F2N2O5.C33H35FN2O5.Ca/c1-20(2)30-28(32(40)36-24-11-7-4-8-12-24)27(21-9-5-3-6-10-21)31(22-13-15-23(34)16-14-22)37(30)18-17-25(38)19-26(39)29(35)33(41)42;1-21(2)31-30(33(41)35-25-11-7-4-8-12-25)29(22-9-5-3-6-10-22)32(23-13-15-24(34)16-14-23)36(31)18-17-26(37)19-27(38)20-28(39)40;/h3-16,20,25-26,29,38-39H,17-19H2,1-2H3,(H,36,40)(H,41,42);3-16,21,26-27,37-38H,17-20H2,1-2H3,(H,35,41)(H,39,40);/q;;+2/p-2/t25-,26-,29?;26-,27-;/m11./s1. The number of hydrogen-bond acceptors (Lipinski definition) is 10. The maximum Gasteiger partial charge on any atom is 2.00 e. The molecule has 2 amide bonds. The molecule has 8 rings (SSSR count). The SMILES string of the molecule is CC(C)c1c(C(=O)Nc2ccccc2)c(-c2ccccc2)c(-c2ccc(F)cc2)n1CC[C@@H](O)C[C@@H](O)C(F)C(=O)[O-].CC(C)c1c(C(=O)Nc2ccccc2)c(-c2ccccc2)c(-c2ccc(F)cc2)n1CC[C@@H](O)C[C@@H](O)CC(=O)[O-].[Ca+2]. The molecular formula is C66H67CaF3N4O10. The van der Waals surface area contributed by atoms with E-state index in [-0.39, 0.29) is 93.7 Å². The Morgan fingerprint density at radius 1 is 0.488 bits per heavy atom. The second-order valence-corrected chi connectivity index (χ2v) is 20.8. The molecule has 14 nitrogen and oxygen atoms in total. The summed E-state index contributed by atoms with van der Waals surface area (Å²) in [6.45, 7) is 8.22. The molecule has 18 heteroatoms. The molecule has 8 aromatic rings. The molecule has 1 unspecified atom stereocenters. The van der Waals surface area contributed by atoms with Crippen molar-refractivity contribution in [2.75, 3.05) is 10.6 Å². The van der Waals surface area contributed by atoms with E-state index in [4.69, 9.17) is 0 Å². The number of nitrogens with one attached hydrogen (secondary N) is 2. The molecule has 0 fully saturated rings. The summed E-state index contributed by atoms with van der Waals surface area (Å²) < 4.78 is 45.6. The van der Waals surface area contributed by atoms with E-state index in [1.807, 2.05) is 134 Å². The van der Waals surface area contributed by atoms with Crippen LogP contribution in [0.15, 0.2) is 170 Å². The second-order valence-electron chi connectivity index (χ2n) is 20.8. The minimum absolute atomic E-state index is 0. The van der Waals surface area contributed by atoms with Crippen LogP contribution in [0.4, 0.5) is 24.5 Å². The van der Waals surface area contributed by atoms with E-state index in [0.717, 1.165) is 16.8 Å². The van der Waals surface area contributed by atoms with Crippen LogP contribution in [0.2, 0.25) is 0 Å². The van der Waals surface area contributed by atoms with Crippen molar-refractivity contribution in [3.8, 4) is 44.8 Å². The number of amides is 2. The molecule has 0 aliphatic carbocycles. The zero-order valence-electron chi connectivity index (χ0n) is 47.1. The molecule has 0 aliphatic heterocycles. The fourth-order valence-electron chi connectivity index (χ4n) is 10.4. The molecule has 0 aliphatic rings. The minimum atomic E-state index is -2.63. The van der Waals surface area contributed by atoms with E-state index in [0.29, 0.717) is 61.8 Å². The number of benzene rings is 6. The smallest absolute Gasteiger partial charge is 0.550 e. The zero-order chi connectivity index (χ0) is 59.9. The third kappa shape index (κ3) is 16.9. The number of carbonyl (C=O) groups is 4. The Kier molecular flexibility index (Phi) is 24.3. The second kappa shape index (κ2) is 31.0.